The minimum Gasteiger partial charge on any atom is -0.396 e. The molecule has 0 aliphatic rings. The van der Waals surface area contributed by atoms with E-state index in [2.05, 4.69) is 0 Å². The van der Waals surface area contributed by atoms with E-state index in [0.29, 0.717) is 25.9 Å². The third-order valence-electron chi connectivity index (χ3n) is 2.01. The summed E-state index contributed by atoms with van der Waals surface area (Å²) in [5.74, 6) is 0.0781. The Morgan fingerprint density at radius 3 is 2.36 bits per heavy atom. The topological polar surface area (TPSA) is 60.8 Å². The Morgan fingerprint density at radius 1 is 1.14 bits per heavy atom. The zero-order valence-corrected chi connectivity index (χ0v) is 8.91. The van der Waals surface area contributed by atoms with Gasteiger partial charge in [0.2, 0.25) is 5.91 Å². The van der Waals surface area contributed by atoms with Crippen LogP contribution in [-0.2, 0) is 4.79 Å². The molecule has 0 aliphatic heterocycles. The average molecular weight is 203 g/mol. The molecular formula is C10H21NO3. The lowest BCUT2D eigenvalue weighted by molar-refractivity contribution is -0.131. The summed E-state index contributed by atoms with van der Waals surface area (Å²) in [7, 11) is 0. The number of hydrogen-bond acceptors (Lipinski definition) is 3. The van der Waals surface area contributed by atoms with Gasteiger partial charge in [0, 0.05) is 26.1 Å². The third kappa shape index (κ3) is 5.94. The third-order valence-corrected chi connectivity index (χ3v) is 2.01. The number of aliphatic hydroxyl groups is 2. The largest absolute Gasteiger partial charge is 0.396 e. The van der Waals surface area contributed by atoms with Crippen molar-refractivity contribution in [3.8, 4) is 0 Å². The van der Waals surface area contributed by atoms with Crippen molar-refractivity contribution in [2.24, 2.45) is 0 Å². The van der Waals surface area contributed by atoms with Crippen LogP contribution in [0, 0.1) is 0 Å². The molecule has 0 rings (SSSR count). The van der Waals surface area contributed by atoms with E-state index in [0.717, 1.165) is 12.8 Å². The van der Waals surface area contributed by atoms with Crippen molar-refractivity contribution in [2.45, 2.75) is 32.6 Å². The number of carbonyl (C=O) groups excluding carboxylic acids is 1. The summed E-state index contributed by atoms with van der Waals surface area (Å²) >= 11 is 0. The van der Waals surface area contributed by atoms with E-state index in [9.17, 15) is 4.79 Å². The molecule has 0 aromatic rings. The normalized spacial score (nSPS) is 10.2. The van der Waals surface area contributed by atoms with Crippen LogP contribution in [0.15, 0.2) is 0 Å². The highest BCUT2D eigenvalue weighted by Crippen LogP contribution is 2.01. The van der Waals surface area contributed by atoms with Crippen LogP contribution in [0.3, 0.4) is 0 Å². The summed E-state index contributed by atoms with van der Waals surface area (Å²) in [6.07, 6.45) is 2.78. The maximum atomic E-state index is 11.5. The number of unbranched alkanes of at least 4 members (excludes halogenated alkanes) is 1. The van der Waals surface area contributed by atoms with E-state index in [4.69, 9.17) is 10.2 Å². The molecule has 0 spiro atoms. The number of hydrogen-bond donors (Lipinski definition) is 2. The van der Waals surface area contributed by atoms with Crippen LogP contribution in [0.1, 0.15) is 32.6 Å². The SMILES string of the molecule is CCCN(CCO)C(=O)CCCCO. The van der Waals surface area contributed by atoms with Crippen LogP contribution in [-0.4, -0.2) is 47.3 Å². The molecule has 0 saturated carbocycles. The van der Waals surface area contributed by atoms with Crippen molar-refractivity contribution in [3.63, 3.8) is 0 Å². The van der Waals surface area contributed by atoms with E-state index in [1.807, 2.05) is 6.92 Å². The van der Waals surface area contributed by atoms with Crippen LogP contribution < -0.4 is 0 Å². The van der Waals surface area contributed by atoms with Crippen molar-refractivity contribution < 1.29 is 15.0 Å². The minimum atomic E-state index is 0.0196. The Kier molecular flexibility index (Phi) is 8.57. The molecule has 0 unspecified atom stereocenters. The lowest BCUT2D eigenvalue weighted by Gasteiger charge is -2.20. The molecule has 0 radical (unpaired) electrons. The molecule has 0 saturated heterocycles. The van der Waals surface area contributed by atoms with Gasteiger partial charge in [-0.25, -0.2) is 0 Å². The first-order valence-electron chi connectivity index (χ1n) is 5.25. The quantitative estimate of drug-likeness (QED) is 0.561. The van der Waals surface area contributed by atoms with E-state index in [1.54, 1.807) is 4.90 Å². The Bertz CT molecular complexity index is 144. The lowest BCUT2D eigenvalue weighted by atomic mass is 10.2. The summed E-state index contributed by atoms with van der Waals surface area (Å²) in [6.45, 7) is 3.29. The zero-order chi connectivity index (χ0) is 10.8. The van der Waals surface area contributed by atoms with E-state index in [1.165, 1.54) is 0 Å². The summed E-state index contributed by atoms with van der Waals surface area (Å²) in [5.41, 5.74) is 0. The lowest BCUT2D eigenvalue weighted by Crippen LogP contribution is -2.34. The molecule has 4 heteroatoms. The fourth-order valence-electron chi connectivity index (χ4n) is 1.30. The number of rotatable bonds is 8. The Labute approximate surface area is 85.5 Å². The number of aliphatic hydroxyl groups excluding tert-OH is 2. The van der Waals surface area contributed by atoms with Gasteiger partial charge in [-0.15, -0.1) is 0 Å². The fraction of sp³-hybridized carbons (Fsp3) is 0.900. The maximum absolute atomic E-state index is 11.5. The second-order valence-corrected chi connectivity index (χ2v) is 3.29. The summed E-state index contributed by atoms with van der Waals surface area (Å²) in [6, 6.07) is 0. The van der Waals surface area contributed by atoms with Crippen LogP contribution in [0.2, 0.25) is 0 Å². The van der Waals surface area contributed by atoms with Crippen molar-refractivity contribution in [1.29, 1.82) is 0 Å². The molecule has 0 aromatic carbocycles. The van der Waals surface area contributed by atoms with Crippen molar-refractivity contribution in [3.05, 3.63) is 0 Å². The maximum Gasteiger partial charge on any atom is 0.222 e. The van der Waals surface area contributed by atoms with Crippen molar-refractivity contribution >= 4 is 5.91 Å². The summed E-state index contributed by atoms with van der Waals surface area (Å²) < 4.78 is 0. The molecule has 0 bridgehead atoms. The summed E-state index contributed by atoms with van der Waals surface area (Å²) in [5, 5.41) is 17.3. The van der Waals surface area contributed by atoms with Gasteiger partial charge in [0.15, 0.2) is 0 Å². The standard InChI is InChI=1S/C10H21NO3/c1-2-6-11(7-9-13)10(14)5-3-4-8-12/h12-13H,2-9H2,1H3. The van der Waals surface area contributed by atoms with Gasteiger partial charge >= 0.3 is 0 Å². The molecule has 0 atom stereocenters. The number of carbonyl (C=O) groups is 1. The van der Waals surface area contributed by atoms with E-state index >= 15 is 0 Å². The van der Waals surface area contributed by atoms with Gasteiger partial charge in [0.1, 0.15) is 0 Å². The zero-order valence-electron chi connectivity index (χ0n) is 8.91. The van der Waals surface area contributed by atoms with Crippen molar-refractivity contribution in [2.75, 3.05) is 26.3 Å². The van der Waals surface area contributed by atoms with Gasteiger partial charge in [-0.2, -0.15) is 0 Å². The molecule has 0 heterocycles. The molecule has 84 valence electrons. The van der Waals surface area contributed by atoms with Crippen LogP contribution in [0.4, 0.5) is 0 Å². The first-order chi connectivity index (χ1) is 6.76. The predicted octanol–water partition coefficient (Wildman–Crippen LogP) is 0.380. The fourth-order valence-corrected chi connectivity index (χ4v) is 1.30. The molecule has 0 fully saturated rings. The molecule has 4 nitrogen and oxygen atoms in total. The number of nitrogens with zero attached hydrogens (tertiary/aromatic N) is 1. The predicted molar refractivity (Wildman–Crippen MR) is 54.9 cm³/mol. The highest BCUT2D eigenvalue weighted by molar-refractivity contribution is 5.76. The van der Waals surface area contributed by atoms with Crippen LogP contribution in [0.5, 0.6) is 0 Å². The van der Waals surface area contributed by atoms with Crippen LogP contribution in [0.25, 0.3) is 0 Å². The first-order valence-corrected chi connectivity index (χ1v) is 5.25. The van der Waals surface area contributed by atoms with Gasteiger partial charge < -0.3 is 15.1 Å². The Hall–Kier alpha value is -0.610. The highest BCUT2D eigenvalue weighted by Gasteiger charge is 2.10. The van der Waals surface area contributed by atoms with Gasteiger partial charge in [0.25, 0.3) is 0 Å². The van der Waals surface area contributed by atoms with E-state index in [-0.39, 0.29) is 19.1 Å². The van der Waals surface area contributed by atoms with Gasteiger partial charge in [-0.3, -0.25) is 4.79 Å². The Balaban J connectivity index is 3.76. The number of amides is 1. The molecule has 0 aromatic heterocycles. The van der Waals surface area contributed by atoms with E-state index < -0.39 is 0 Å². The van der Waals surface area contributed by atoms with Crippen molar-refractivity contribution in [1.82, 2.24) is 4.90 Å². The summed E-state index contributed by atoms with van der Waals surface area (Å²) in [4.78, 5) is 13.2. The molecule has 2 N–H and O–H groups in total. The average Bonchev–Trinajstić information content (AvgIpc) is 2.18. The molecular weight excluding hydrogens is 182 g/mol. The van der Waals surface area contributed by atoms with Gasteiger partial charge in [0.05, 0.1) is 6.61 Å². The highest BCUT2D eigenvalue weighted by atomic mass is 16.3. The monoisotopic (exact) mass is 203 g/mol. The molecule has 1 amide bonds. The minimum absolute atomic E-state index is 0.0196. The smallest absolute Gasteiger partial charge is 0.222 e. The second kappa shape index (κ2) is 8.97. The van der Waals surface area contributed by atoms with Crippen LogP contribution >= 0.6 is 0 Å². The molecule has 0 aliphatic carbocycles. The van der Waals surface area contributed by atoms with Gasteiger partial charge in [-0.05, 0) is 19.3 Å². The second-order valence-electron chi connectivity index (χ2n) is 3.29. The van der Waals surface area contributed by atoms with Gasteiger partial charge in [-0.1, -0.05) is 6.92 Å². The first kappa shape index (κ1) is 13.4. The molecule has 14 heavy (non-hydrogen) atoms. The Morgan fingerprint density at radius 2 is 1.86 bits per heavy atom.